The van der Waals surface area contributed by atoms with Gasteiger partial charge in [-0.2, -0.15) is 0 Å². The molecule has 0 bridgehead atoms. The highest BCUT2D eigenvalue weighted by atomic mass is 16.6. The fourth-order valence-electron chi connectivity index (χ4n) is 2.68. The summed E-state index contributed by atoms with van der Waals surface area (Å²) in [6.07, 6.45) is 2.47. The Labute approximate surface area is 233 Å². The SMILES string of the molecule is C=CC(=O)OCCCNC(=O)OCCCOCCOc1cccc(OCCOC(=O)NCCCOC(=O)C=C)c1. The van der Waals surface area contributed by atoms with Crippen LogP contribution in [0, 0.1) is 0 Å². The Bertz CT molecular complexity index is 923. The zero-order valence-electron chi connectivity index (χ0n) is 22.6. The van der Waals surface area contributed by atoms with Gasteiger partial charge in [0.1, 0.15) is 31.3 Å². The molecule has 0 aliphatic heterocycles. The molecule has 0 aliphatic carbocycles. The number of alkyl carbamates (subject to hydrolysis) is 2. The van der Waals surface area contributed by atoms with E-state index in [1.54, 1.807) is 24.3 Å². The summed E-state index contributed by atoms with van der Waals surface area (Å²) >= 11 is 0. The lowest BCUT2D eigenvalue weighted by Gasteiger charge is -2.11. The Morgan fingerprint density at radius 3 is 1.68 bits per heavy atom. The highest BCUT2D eigenvalue weighted by Crippen LogP contribution is 2.19. The third-order valence-corrected chi connectivity index (χ3v) is 4.56. The van der Waals surface area contributed by atoms with E-state index in [0.717, 1.165) is 12.2 Å². The number of carbonyl (C=O) groups is 4. The largest absolute Gasteiger partial charge is 0.491 e. The van der Waals surface area contributed by atoms with Crippen LogP contribution in [0.4, 0.5) is 9.59 Å². The monoisotopic (exact) mass is 566 g/mol. The van der Waals surface area contributed by atoms with Gasteiger partial charge < -0.3 is 43.8 Å². The number of hydrogen-bond donors (Lipinski definition) is 2. The van der Waals surface area contributed by atoms with Gasteiger partial charge in [0.2, 0.25) is 0 Å². The van der Waals surface area contributed by atoms with Crippen LogP contribution in [0.2, 0.25) is 0 Å². The van der Waals surface area contributed by atoms with Gasteiger partial charge in [0.05, 0.1) is 26.4 Å². The van der Waals surface area contributed by atoms with Gasteiger partial charge in [-0.25, -0.2) is 19.2 Å². The number of benzene rings is 1. The molecule has 0 saturated carbocycles. The summed E-state index contributed by atoms with van der Waals surface area (Å²) in [5, 5.41) is 5.10. The first-order valence-corrected chi connectivity index (χ1v) is 12.8. The van der Waals surface area contributed by atoms with Crippen molar-refractivity contribution in [2.75, 3.05) is 65.9 Å². The zero-order chi connectivity index (χ0) is 29.3. The molecule has 40 heavy (non-hydrogen) atoms. The van der Waals surface area contributed by atoms with Gasteiger partial charge >= 0.3 is 24.1 Å². The Morgan fingerprint density at radius 2 is 1.12 bits per heavy atom. The third-order valence-electron chi connectivity index (χ3n) is 4.56. The molecule has 222 valence electrons. The zero-order valence-corrected chi connectivity index (χ0v) is 22.6. The lowest BCUT2D eigenvalue weighted by atomic mass is 10.3. The molecular formula is C27H38N2O11. The van der Waals surface area contributed by atoms with Crippen molar-refractivity contribution in [3.05, 3.63) is 49.6 Å². The molecule has 13 heteroatoms. The fourth-order valence-corrected chi connectivity index (χ4v) is 2.68. The molecule has 0 fully saturated rings. The van der Waals surface area contributed by atoms with Crippen LogP contribution in [0.1, 0.15) is 19.3 Å². The molecule has 0 spiro atoms. The van der Waals surface area contributed by atoms with Gasteiger partial charge in [-0.15, -0.1) is 0 Å². The molecule has 0 atom stereocenters. The molecule has 13 nitrogen and oxygen atoms in total. The first-order valence-electron chi connectivity index (χ1n) is 12.8. The maximum Gasteiger partial charge on any atom is 0.407 e. The Morgan fingerprint density at radius 1 is 0.625 bits per heavy atom. The first kappa shape index (κ1) is 33.8. The molecule has 0 unspecified atom stereocenters. The molecule has 0 heterocycles. The Balaban J connectivity index is 2.01. The van der Waals surface area contributed by atoms with E-state index < -0.39 is 24.1 Å². The highest BCUT2D eigenvalue weighted by Gasteiger charge is 2.04. The van der Waals surface area contributed by atoms with Crippen molar-refractivity contribution in [1.29, 1.82) is 0 Å². The number of carbonyl (C=O) groups excluding carboxylic acids is 4. The maximum absolute atomic E-state index is 11.6. The van der Waals surface area contributed by atoms with Gasteiger partial charge in [0, 0.05) is 44.3 Å². The van der Waals surface area contributed by atoms with E-state index in [-0.39, 0.29) is 33.0 Å². The van der Waals surface area contributed by atoms with E-state index in [1.165, 1.54) is 0 Å². The summed E-state index contributed by atoms with van der Waals surface area (Å²) < 4.78 is 36.3. The van der Waals surface area contributed by atoms with Gasteiger partial charge in [-0.1, -0.05) is 19.2 Å². The molecule has 0 aliphatic rings. The van der Waals surface area contributed by atoms with Gasteiger partial charge in [-0.05, 0) is 25.0 Å². The van der Waals surface area contributed by atoms with Crippen molar-refractivity contribution in [1.82, 2.24) is 10.6 Å². The first-order chi connectivity index (χ1) is 19.4. The molecule has 0 aromatic heterocycles. The molecule has 1 aromatic carbocycles. The van der Waals surface area contributed by atoms with Crippen LogP contribution < -0.4 is 20.1 Å². The minimum atomic E-state index is -0.591. The van der Waals surface area contributed by atoms with Crippen molar-refractivity contribution in [2.24, 2.45) is 0 Å². The van der Waals surface area contributed by atoms with Gasteiger partial charge in [0.25, 0.3) is 0 Å². The summed E-state index contributed by atoms with van der Waals surface area (Å²) in [5.74, 6) is 0.137. The van der Waals surface area contributed by atoms with Crippen molar-refractivity contribution >= 4 is 24.1 Å². The van der Waals surface area contributed by atoms with Crippen LogP contribution in [0.25, 0.3) is 0 Å². The summed E-state index contributed by atoms with van der Waals surface area (Å²) in [6, 6.07) is 7.01. The highest BCUT2D eigenvalue weighted by molar-refractivity contribution is 5.81. The topological polar surface area (TPSA) is 157 Å². The Hall–Kier alpha value is -4.26. The van der Waals surface area contributed by atoms with Crippen molar-refractivity contribution in [3.8, 4) is 11.5 Å². The van der Waals surface area contributed by atoms with E-state index in [9.17, 15) is 19.2 Å². The van der Waals surface area contributed by atoms with Crippen molar-refractivity contribution < 1.29 is 52.3 Å². The maximum atomic E-state index is 11.6. The molecule has 2 N–H and O–H groups in total. The molecule has 2 amide bonds. The summed E-state index contributed by atoms with van der Waals surface area (Å²) in [4.78, 5) is 44.9. The molecule has 1 aromatic rings. The summed E-state index contributed by atoms with van der Waals surface area (Å²) in [6.45, 7) is 9.05. The predicted octanol–water partition coefficient (Wildman–Crippen LogP) is 2.54. The van der Waals surface area contributed by atoms with E-state index in [2.05, 4.69) is 23.8 Å². The van der Waals surface area contributed by atoms with Crippen LogP contribution in [0.3, 0.4) is 0 Å². The van der Waals surface area contributed by atoms with Crippen LogP contribution in [0.5, 0.6) is 11.5 Å². The Kier molecular flexibility index (Phi) is 19.2. The average molecular weight is 567 g/mol. The molecule has 0 radical (unpaired) electrons. The van der Waals surface area contributed by atoms with Crippen LogP contribution >= 0.6 is 0 Å². The average Bonchev–Trinajstić information content (AvgIpc) is 2.96. The normalized spacial score (nSPS) is 10.0. The van der Waals surface area contributed by atoms with E-state index in [4.69, 9.17) is 33.2 Å². The minimum absolute atomic E-state index is 0.0504. The van der Waals surface area contributed by atoms with Crippen LogP contribution in [-0.2, 0) is 33.3 Å². The molecule has 0 saturated heterocycles. The van der Waals surface area contributed by atoms with Crippen molar-refractivity contribution in [2.45, 2.75) is 19.3 Å². The number of nitrogens with one attached hydrogen (secondary N) is 2. The quantitative estimate of drug-likeness (QED) is 0.0920. The van der Waals surface area contributed by atoms with Gasteiger partial charge in [-0.3, -0.25) is 0 Å². The standard InChI is InChI=1S/C27H38N2O11/c1-3-24(30)37-14-6-11-28-26(32)39-16-8-13-34-17-18-35-22-9-5-10-23(21-22)36-19-20-40-27(33)29-12-7-15-38-25(31)4-2/h3-5,9-10,21H,1-2,6-8,11-20H2,(H,28,32)(H,29,33). The van der Waals surface area contributed by atoms with Crippen LogP contribution in [0.15, 0.2) is 49.6 Å². The molecular weight excluding hydrogens is 528 g/mol. The second-order valence-corrected chi connectivity index (χ2v) is 7.71. The van der Waals surface area contributed by atoms with E-state index in [0.29, 0.717) is 63.7 Å². The summed E-state index contributed by atoms with van der Waals surface area (Å²) in [5.41, 5.74) is 0. The van der Waals surface area contributed by atoms with Crippen molar-refractivity contribution in [3.63, 3.8) is 0 Å². The third kappa shape index (κ3) is 18.9. The summed E-state index contributed by atoms with van der Waals surface area (Å²) in [7, 11) is 0. The number of esters is 2. The number of rotatable bonds is 22. The number of ether oxygens (including phenoxy) is 7. The lowest BCUT2D eigenvalue weighted by Crippen LogP contribution is -2.27. The second-order valence-electron chi connectivity index (χ2n) is 7.71. The second kappa shape index (κ2) is 22.7. The lowest BCUT2D eigenvalue weighted by molar-refractivity contribution is -0.138. The van der Waals surface area contributed by atoms with Crippen LogP contribution in [-0.4, -0.2) is 90.1 Å². The minimum Gasteiger partial charge on any atom is -0.491 e. The predicted molar refractivity (Wildman–Crippen MR) is 143 cm³/mol. The van der Waals surface area contributed by atoms with E-state index >= 15 is 0 Å². The number of amides is 2. The van der Waals surface area contributed by atoms with Gasteiger partial charge in [0.15, 0.2) is 0 Å². The van der Waals surface area contributed by atoms with E-state index in [1.807, 2.05) is 0 Å². The fraction of sp³-hybridized carbons (Fsp3) is 0.481. The number of hydrogen-bond acceptors (Lipinski definition) is 11. The smallest absolute Gasteiger partial charge is 0.407 e. The molecule has 1 rings (SSSR count).